The number of aliphatic imine (C=N–C) groups is 1. The molecular weight excluding hydrogens is 452 g/mol. The largest absolute Gasteiger partial charge is 0.363 e. The first-order valence-electron chi connectivity index (χ1n) is 11.2. The van der Waals surface area contributed by atoms with Gasteiger partial charge in [0.25, 0.3) is 11.8 Å². The Morgan fingerprint density at radius 3 is 2.50 bits per heavy atom. The number of amides is 3. The molecule has 2 aliphatic heterocycles. The van der Waals surface area contributed by atoms with Crippen molar-refractivity contribution in [1.82, 2.24) is 15.2 Å². The van der Waals surface area contributed by atoms with Crippen LogP contribution in [0.5, 0.6) is 0 Å². The van der Waals surface area contributed by atoms with Crippen LogP contribution >= 0.6 is 11.8 Å². The van der Waals surface area contributed by atoms with E-state index in [1.54, 1.807) is 30.5 Å². The molecule has 0 bridgehead atoms. The number of hydrogen-bond donors (Lipinski definition) is 2. The first-order valence-corrected chi connectivity index (χ1v) is 12.1. The third kappa shape index (κ3) is 5.93. The summed E-state index contributed by atoms with van der Waals surface area (Å²) in [6.07, 6.45) is 4.01. The Bertz CT molecular complexity index is 1080. The van der Waals surface area contributed by atoms with Crippen molar-refractivity contribution in [3.8, 4) is 0 Å². The average molecular weight is 481 g/mol. The van der Waals surface area contributed by atoms with E-state index in [0.717, 1.165) is 42.5 Å². The lowest BCUT2D eigenvalue weighted by Gasteiger charge is -2.16. The summed E-state index contributed by atoms with van der Waals surface area (Å²) in [7, 11) is 3.84. The van der Waals surface area contributed by atoms with Gasteiger partial charge in [-0.25, -0.2) is 4.98 Å². The van der Waals surface area contributed by atoms with Gasteiger partial charge in [-0.2, -0.15) is 4.99 Å². The van der Waals surface area contributed by atoms with E-state index in [1.165, 1.54) is 11.8 Å². The van der Waals surface area contributed by atoms with Crippen LogP contribution < -0.4 is 15.5 Å². The van der Waals surface area contributed by atoms with Crippen LogP contribution in [0.15, 0.2) is 47.6 Å². The number of anilines is 2. The van der Waals surface area contributed by atoms with E-state index in [0.29, 0.717) is 17.8 Å². The molecule has 34 heavy (non-hydrogen) atoms. The van der Waals surface area contributed by atoms with Crippen LogP contribution in [0.3, 0.4) is 0 Å². The maximum Gasteiger partial charge on any atom is 0.262 e. The molecule has 2 aliphatic rings. The van der Waals surface area contributed by atoms with Crippen LogP contribution in [0.1, 0.15) is 35.2 Å². The van der Waals surface area contributed by atoms with E-state index in [9.17, 15) is 14.4 Å². The number of amidine groups is 1. The quantitative estimate of drug-likeness (QED) is 0.627. The highest BCUT2D eigenvalue weighted by Gasteiger charge is 2.33. The van der Waals surface area contributed by atoms with Gasteiger partial charge in [0.2, 0.25) is 5.91 Å². The normalized spacial score (nSPS) is 17.5. The molecule has 2 aromatic rings. The topological polar surface area (TPSA) is 107 Å². The van der Waals surface area contributed by atoms with Crippen LogP contribution in [-0.2, 0) is 16.1 Å². The molecule has 0 aliphatic carbocycles. The lowest BCUT2D eigenvalue weighted by atomic mass is 10.1. The second-order valence-electron chi connectivity index (χ2n) is 8.46. The van der Waals surface area contributed by atoms with Crippen molar-refractivity contribution in [2.75, 3.05) is 37.4 Å². The SMILES string of the molecule is CN(C)c1ccc(CNC(=O)c2ccc(NC(=O)CC3SC(N4CCCC4)=NC3=O)cc2)cn1. The number of likely N-dealkylation sites (tertiary alicyclic amines) is 1. The summed E-state index contributed by atoms with van der Waals surface area (Å²) >= 11 is 1.37. The standard InChI is InChI=1S/C24H28N6O3S/c1-29(2)20-10-5-16(14-25-20)15-26-22(32)17-6-8-18(9-7-17)27-21(31)13-19-23(33)28-24(34-19)30-11-3-4-12-30/h5-10,14,19H,3-4,11-13,15H2,1-2H3,(H,26,32)(H,27,31). The first kappa shape index (κ1) is 23.7. The smallest absolute Gasteiger partial charge is 0.262 e. The van der Waals surface area contributed by atoms with Gasteiger partial charge in [0.15, 0.2) is 5.17 Å². The van der Waals surface area contributed by atoms with E-state index in [-0.39, 0.29) is 24.1 Å². The summed E-state index contributed by atoms with van der Waals surface area (Å²) in [5.74, 6) is 0.132. The number of hydrogen-bond acceptors (Lipinski definition) is 7. The molecule has 1 saturated heterocycles. The molecule has 1 atom stereocenters. The Kier molecular flexibility index (Phi) is 7.46. The molecule has 3 heterocycles. The predicted octanol–water partition coefficient (Wildman–Crippen LogP) is 2.50. The lowest BCUT2D eigenvalue weighted by molar-refractivity contribution is -0.121. The van der Waals surface area contributed by atoms with Gasteiger partial charge in [0, 0.05) is 57.6 Å². The Hall–Kier alpha value is -3.40. The van der Waals surface area contributed by atoms with E-state index in [4.69, 9.17) is 0 Å². The number of thioether (sulfide) groups is 1. The molecule has 0 saturated carbocycles. The van der Waals surface area contributed by atoms with E-state index in [1.807, 2.05) is 31.1 Å². The Morgan fingerprint density at radius 2 is 1.85 bits per heavy atom. The number of pyridine rings is 1. The zero-order chi connectivity index (χ0) is 24.1. The van der Waals surface area contributed by atoms with Gasteiger partial charge in [0.05, 0.1) is 0 Å². The zero-order valence-corrected chi connectivity index (χ0v) is 20.1. The summed E-state index contributed by atoms with van der Waals surface area (Å²) in [5.41, 5.74) is 1.96. The lowest BCUT2D eigenvalue weighted by Crippen LogP contribution is -2.25. The van der Waals surface area contributed by atoms with Crippen molar-refractivity contribution in [3.05, 3.63) is 53.7 Å². The Labute approximate surface area is 203 Å². The van der Waals surface area contributed by atoms with Crippen LogP contribution in [-0.4, -0.2) is 65.2 Å². The fourth-order valence-electron chi connectivity index (χ4n) is 3.71. The molecule has 10 heteroatoms. The van der Waals surface area contributed by atoms with Gasteiger partial charge >= 0.3 is 0 Å². The zero-order valence-electron chi connectivity index (χ0n) is 19.3. The number of aromatic nitrogens is 1. The number of carbonyl (C=O) groups excluding carboxylic acids is 3. The van der Waals surface area contributed by atoms with Crippen molar-refractivity contribution in [3.63, 3.8) is 0 Å². The van der Waals surface area contributed by atoms with Crippen LogP contribution in [0, 0.1) is 0 Å². The third-order valence-electron chi connectivity index (χ3n) is 5.63. The molecule has 9 nitrogen and oxygen atoms in total. The summed E-state index contributed by atoms with van der Waals surface area (Å²) in [6.45, 7) is 2.20. The summed E-state index contributed by atoms with van der Waals surface area (Å²) in [6, 6.07) is 10.5. The fourth-order valence-corrected chi connectivity index (χ4v) is 4.83. The highest BCUT2D eigenvalue weighted by Crippen LogP contribution is 2.29. The maximum atomic E-state index is 12.5. The van der Waals surface area contributed by atoms with Crippen molar-refractivity contribution in [2.24, 2.45) is 4.99 Å². The van der Waals surface area contributed by atoms with Crippen LogP contribution in [0.25, 0.3) is 0 Å². The number of rotatable bonds is 7. The van der Waals surface area contributed by atoms with Crippen molar-refractivity contribution >= 4 is 46.2 Å². The molecule has 4 rings (SSSR count). The van der Waals surface area contributed by atoms with Crippen LogP contribution in [0.4, 0.5) is 11.5 Å². The summed E-state index contributed by atoms with van der Waals surface area (Å²) < 4.78 is 0. The molecule has 3 amide bonds. The Morgan fingerprint density at radius 1 is 1.12 bits per heavy atom. The molecule has 1 unspecified atom stereocenters. The monoisotopic (exact) mass is 480 g/mol. The second kappa shape index (κ2) is 10.7. The highest BCUT2D eigenvalue weighted by molar-refractivity contribution is 8.15. The van der Waals surface area contributed by atoms with E-state index >= 15 is 0 Å². The van der Waals surface area contributed by atoms with Crippen LogP contribution in [0.2, 0.25) is 0 Å². The molecular formula is C24H28N6O3S. The molecule has 178 valence electrons. The van der Waals surface area contributed by atoms with Gasteiger partial charge in [-0.1, -0.05) is 17.8 Å². The predicted molar refractivity (Wildman–Crippen MR) is 134 cm³/mol. The number of benzene rings is 1. The fraction of sp³-hybridized carbons (Fsp3) is 0.375. The first-order chi connectivity index (χ1) is 16.4. The van der Waals surface area contributed by atoms with Gasteiger partial charge < -0.3 is 20.4 Å². The minimum atomic E-state index is -0.484. The van der Waals surface area contributed by atoms with E-state index < -0.39 is 5.25 Å². The van der Waals surface area contributed by atoms with Gasteiger partial charge in [-0.3, -0.25) is 14.4 Å². The third-order valence-corrected chi connectivity index (χ3v) is 6.84. The van der Waals surface area contributed by atoms with Crippen molar-refractivity contribution < 1.29 is 14.4 Å². The number of nitrogens with one attached hydrogen (secondary N) is 2. The minimum Gasteiger partial charge on any atom is -0.363 e. The van der Waals surface area contributed by atoms with Crippen molar-refractivity contribution in [2.45, 2.75) is 31.1 Å². The Balaban J connectivity index is 1.24. The summed E-state index contributed by atoms with van der Waals surface area (Å²) in [4.78, 5) is 49.6. The van der Waals surface area contributed by atoms with Crippen molar-refractivity contribution in [1.29, 1.82) is 0 Å². The molecule has 0 spiro atoms. The van der Waals surface area contributed by atoms with Gasteiger partial charge in [0.1, 0.15) is 11.1 Å². The molecule has 1 aromatic carbocycles. The molecule has 0 radical (unpaired) electrons. The molecule has 2 N–H and O–H groups in total. The maximum absolute atomic E-state index is 12.5. The van der Waals surface area contributed by atoms with Gasteiger partial charge in [-0.15, -0.1) is 0 Å². The van der Waals surface area contributed by atoms with Gasteiger partial charge in [-0.05, 0) is 48.7 Å². The number of nitrogens with zero attached hydrogens (tertiary/aromatic N) is 4. The minimum absolute atomic E-state index is 0.0627. The highest BCUT2D eigenvalue weighted by atomic mass is 32.2. The molecule has 1 aromatic heterocycles. The van der Waals surface area contributed by atoms with E-state index in [2.05, 4.69) is 25.5 Å². The summed E-state index contributed by atoms with van der Waals surface area (Å²) in [5, 5.41) is 5.92. The number of carbonyl (C=O) groups is 3. The average Bonchev–Trinajstić information content (AvgIpc) is 3.48. The molecule has 1 fully saturated rings. The second-order valence-corrected chi connectivity index (χ2v) is 9.63.